The van der Waals surface area contributed by atoms with E-state index in [1.807, 2.05) is 0 Å². The molecule has 48 valence electrons. The Bertz CT molecular complexity index is 73.6. The molecule has 2 atom stereocenters. The molecule has 0 bridgehead atoms. The van der Waals surface area contributed by atoms with Gasteiger partial charge in [-0.25, -0.2) is 0 Å². The van der Waals surface area contributed by atoms with E-state index in [0.717, 1.165) is 17.9 Å². The van der Waals surface area contributed by atoms with Gasteiger partial charge in [0.15, 0.2) is 0 Å². The van der Waals surface area contributed by atoms with Gasteiger partial charge in [-0.05, 0) is 25.9 Å². The quantitative estimate of drug-likeness (QED) is 0.494. The topological polar surface area (TPSA) is 3.24 Å². The Morgan fingerprint density at radius 1 is 1.00 bits per heavy atom. The van der Waals surface area contributed by atoms with Gasteiger partial charge in [-0.3, -0.25) is 0 Å². The Kier molecular flexibility index (Phi) is 1.31. The van der Waals surface area contributed by atoms with Crippen LogP contribution in [0.3, 0.4) is 0 Å². The maximum atomic E-state index is 2.31. The van der Waals surface area contributed by atoms with E-state index in [1.165, 1.54) is 0 Å². The molecule has 0 aromatic carbocycles. The van der Waals surface area contributed by atoms with Gasteiger partial charge >= 0.3 is 0 Å². The second kappa shape index (κ2) is 1.73. The smallest absolute Gasteiger partial charge is 0.0147 e. The van der Waals surface area contributed by atoms with Crippen molar-refractivity contribution >= 4 is 0 Å². The van der Waals surface area contributed by atoms with E-state index < -0.39 is 0 Å². The predicted octanol–water partition coefficient (Wildman–Crippen LogP) is 1.20. The molecular formula is C7H15N. The van der Waals surface area contributed by atoms with Crippen LogP contribution in [-0.2, 0) is 0 Å². The van der Waals surface area contributed by atoms with Crippen molar-refractivity contribution in [2.24, 2.45) is 11.8 Å². The lowest BCUT2D eigenvalue weighted by atomic mass is 10.4. The van der Waals surface area contributed by atoms with Gasteiger partial charge in [0.2, 0.25) is 0 Å². The van der Waals surface area contributed by atoms with Gasteiger partial charge in [-0.15, -0.1) is 0 Å². The first-order chi connectivity index (χ1) is 3.64. The predicted molar refractivity (Wildman–Crippen MR) is 35.8 cm³/mol. The summed E-state index contributed by atoms with van der Waals surface area (Å²) in [6.45, 7) is 4.63. The molecule has 1 heteroatoms. The van der Waals surface area contributed by atoms with Crippen molar-refractivity contribution in [1.82, 2.24) is 4.90 Å². The minimum absolute atomic E-state index is 0.870. The first-order valence-corrected chi connectivity index (χ1v) is 3.31. The largest absolute Gasteiger partial charge is 0.306 e. The van der Waals surface area contributed by atoms with E-state index in [4.69, 9.17) is 0 Å². The van der Waals surface area contributed by atoms with E-state index in [9.17, 15) is 0 Å². The summed E-state index contributed by atoms with van der Waals surface area (Å²) in [7, 11) is 4.31. The summed E-state index contributed by atoms with van der Waals surface area (Å²) in [6.07, 6.45) is 0. The van der Waals surface area contributed by atoms with Crippen LogP contribution in [0.2, 0.25) is 0 Å². The molecule has 1 aliphatic rings. The highest BCUT2D eigenvalue weighted by molar-refractivity contribution is 4.97. The highest BCUT2D eigenvalue weighted by Crippen LogP contribution is 2.40. The zero-order valence-electron chi connectivity index (χ0n) is 6.18. The van der Waals surface area contributed by atoms with E-state index >= 15 is 0 Å². The average molecular weight is 113 g/mol. The van der Waals surface area contributed by atoms with E-state index in [0.29, 0.717) is 0 Å². The molecule has 0 aromatic heterocycles. The van der Waals surface area contributed by atoms with Gasteiger partial charge < -0.3 is 4.90 Å². The lowest BCUT2D eigenvalue weighted by molar-refractivity contribution is 0.371. The highest BCUT2D eigenvalue weighted by atomic mass is 15.1. The molecule has 0 aromatic rings. The standard InChI is InChI=1S/C7H15N/c1-5-6(2)7(5)8(3)4/h5-7H,1-4H3. The molecule has 0 N–H and O–H groups in total. The second-order valence-corrected chi connectivity index (χ2v) is 3.17. The highest BCUT2D eigenvalue weighted by Gasteiger charge is 2.43. The summed E-state index contributed by atoms with van der Waals surface area (Å²) < 4.78 is 0. The van der Waals surface area contributed by atoms with Crippen molar-refractivity contribution < 1.29 is 0 Å². The molecule has 0 amide bonds. The summed E-state index contributed by atoms with van der Waals surface area (Å²) in [5, 5.41) is 0. The van der Waals surface area contributed by atoms with Gasteiger partial charge in [0, 0.05) is 6.04 Å². The van der Waals surface area contributed by atoms with Crippen molar-refractivity contribution in [3.63, 3.8) is 0 Å². The molecule has 0 radical (unpaired) electrons. The van der Waals surface area contributed by atoms with Gasteiger partial charge in [-0.2, -0.15) is 0 Å². The van der Waals surface area contributed by atoms with Crippen LogP contribution in [0, 0.1) is 11.8 Å². The first-order valence-electron chi connectivity index (χ1n) is 3.31. The normalized spacial score (nSPS) is 45.4. The number of rotatable bonds is 1. The third-order valence-electron chi connectivity index (χ3n) is 2.36. The van der Waals surface area contributed by atoms with Crippen molar-refractivity contribution in [2.45, 2.75) is 19.9 Å². The molecule has 2 unspecified atom stereocenters. The fraction of sp³-hybridized carbons (Fsp3) is 1.00. The van der Waals surface area contributed by atoms with Gasteiger partial charge in [0.25, 0.3) is 0 Å². The summed E-state index contributed by atoms with van der Waals surface area (Å²) in [5.41, 5.74) is 0. The zero-order valence-corrected chi connectivity index (χ0v) is 6.18. The molecule has 1 aliphatic carbocycles. The first kappa shape index (κ1) is 6.09. The maximum Gasteiger partial charge on any atom is 0.0147 e. The minimum Gasteiger partial charge on any atom is -0.306 e. The van der Waals surface area contributed by atoms with Gasteiger partial charge in [0.05, 0.1) is 0 Å². The molecular weight excluding hydrogens is 98.1 g/mol. The minimum atomic E-state index is 0.870. The Balaban J connectivity index is 2.33. The summed E-state index contributed by atoms with van der Waals surface area (Å²) in [6, 6.07) is 0.870. The van der Waals surface area contributed by atoms with Crippen molar-refractivity contribution in [3.8, 4) is 0 Å². The number of nitrogens with zero attached hydrogens (tertiary/aromatic N) is 1. The second-order valence-electron chi connectivity index (χ2n) is 3.17. The molecule has 0 spiro atoms. The lowest BCUT2D eigenvalue weighted by Gasteiger charge is -2.06. The van der Waals surface area contributed by atoms with E-state index in [2.05, 4.69) is 32.8 Å². The molecule has 1 nitrogen and oxygen atoms in total. The molecule has 1 fully saturated rings. The molecule has 8 heavy (non-hydrogen) atoms. The fourth-order valence-corrected chi connectivity index (χ4v) is 1.58. The van der Waals surface area contributed by atoms with Crippen LogP contribution in [0.5, 0.6) is 0 Å². The monoisotopic (exact) mass is 113 g/mol. The zero-order chi connectivity index (χ0) is 6.31. The van der Waals surface area contributed by atoms with E-state index in [-0.39, 0.29) is 0 Å². The molecule has 0 aliphatic heterocycles. The summed E-state index contributed by atoms with van der Waals surface area (Å²) >= 11 is 0. The Morgan fingerprint density at radius 2 is 1.38 bits per heavy atom. The molecule has 0 saturated heterocycles. The lowest BCUT2D eigenvalue weighted by Crippen LogP contribution is -2.16. The third kappa shape index (κ3) is 0.752. The van der Waals surface area contributed by atoms with Gasteiger partial charge in [-0.1, -0.05) is 13.8 Å². The van der Waals surface area contributed by atoms with Crippen LogP contribution < -0.4 is 0 Å². The average Bonchev–Trinajstić information content (AvgIpc) is 2.15. The Hall–Kier alpha value is -0.0400. The van der Waals surface area contributed by atoms with Crippen LogP contribution in [-0.4, -0.2) is 25.0 Å². The van der Waals surface area contributed by atoms with Crippen LogP contribution in [0.15, 0.2) is 0 Å². The number of hydrogen-bond acceptors (Lipinski definition) is 1. The van der Waals surface area contributed by atoms with Gasteiger partial charge in [0.1, 0.15) is 0 Å². The fourth-order valence-electron chi connectivity index (χ4n) is 1.58. The summed E-state index contributed by atoms with van der Waals surface area (Å²) in [4.78, 5) is 2.31. The Morgan fingerprint density at radius 3 is 1.38 bits per heavy atom. The van der Waals surface area contributed by atoms with Crippen molar-refractivity contribution in [3.05, 3.63) is 0 Å². The summed E-state index contributed by atoms with van der Waals surface area (Å²) in [5.74, 6) is 1.87. The van der Waals surface area contributed by atoms with Crippen molar-refractivity contribution in [1.29, 1.82) is 0 Å². The maximum absolute atomic E-state index is 2.31. The van der Waals surface area contributed by atoms with Crippen LogP contribution in [0.1, 0.15) is 13.8 Å². The van der Waals surface area contributed by atoms with Crippen molar-refractivity contribution in [2.75, 3.05) is 14.1 Å². The SMILES string of the molecule is CC1C(C)C1N(C)C. The molecule has 1 rings (SSSR count). The third-order valence-corrected chi connectivity index (χ3v) is 2.36. The Labute approximate surface area is 51.7 Å². The number of hydrogen-bond donors (Lipinski definition) is 0. The molecule has 0 heterocycles. The van der Waals surface area contributed by atoms with Crippen LogP contribution >= 0.6 is 0 Å². The molecule has 1 saturated carbocycles. The van der Waals surface area contributed by atoms with Crippen LogP contribution in [0.25, 0.3) is 0 Å². The van der Waals surface area contributed by atoms with E-state index in [1.54, 1.807) is 0 Å². The van der Waals surface area contributed by atoms with Crippen LogP contribution in [0.4, 0.5) is 0 Å².